The quantitative estimate of drug-likeness (QED) is 0.439. The molecule has 0 saturated heterocycles. The molecule has 2 rings (SSSR count). The minimum atomic E-state index is -1.82. The molecule has 0 unspecified atom stereocenters. The van der Waals surface area contributed by atoms with E-state index in [1.165, 1.54) is 10.4 Å². The van der Waals surface area contributed by atoms with Crippen molar-refractivity contribution in [1.29, 1.82) is 0 Å². The van der Waals surface area contributed by atoms with Gasteiger partial charge in [0, 0.05) is 10.7 Å². The second kappa shape index (κ2) is 8.90. The summed E-state index contributed by atoms with van der Waals surface area (Å²) in [7, 11) is 1.59. The van der Waals surface area contributed by atoms with Gasteiger partial charge in [0.05, 0.1) is 14.2 Å². The van der Waals surface area contributed by atoms with Crippen molar-refractivity contribution in [3.05, 3.63) is 48.5 Å². The van der Waals surface area contributed by atoms with Gasteiger partial charge in [0.15, 0.2) is 0 Å². The van der Waals surface area contributed by atoms with Crippen LogP contribution in [0, 0.1) is 0 Å². The average molecular weight is 458 g/mol. The van der Waals surface area contributed by atoms with Crippen LogP contribution < -0.4 is 19.8 Å². The third kappa shape index (κ3) is 4.20. The Morgan fingerprint density at radius 1 is 0.696 bits per heavy atom. The van der Waals surface area contributed by atoms with E-state index in [-0.39, 0.29) is 0 Å². The molecule has 0 saturated carbocycles. The molecule has 124 valence electrons. The molecular weight excluding hydrogens is 436 g/mol. The maximum absolute atomic E-state index is 5.32. The van der Waals surface area contributed by atoms with Crippen LogP contribution in [0.25, 0.3) is 0 Å². The second-order valence-electron chi connectivity index (χ2n) is 5.42. The summed E-state index contributed by atoms with van der Waals surface area (Å²) in [6, 6.07) is 19.6. The number of halogens is 2. The molecule has 0 amide bonds. The average Bonchev–Trinajstić information content (AvgIpc) is 2.61. The maximum Gasteiger partial charge on any atom is 0.119 e. The fourth-order valence-corrected chi connectivity index (χ4v) is 11.1. The van der Waals surface area contributed by atoms with E-state index in [0.717, 1.165) is 34.2 Å². The number of hydrogen-bond donors (Lipinski definition) is 0. The van der Waals surface area contributed by atoms with Crippen LogP contribution in [-0.4, -0.2) is 33.0 Å². The molecule has 0 spiro atoms. The molecule has 23 heavy (non-hydrogen) atoms. The highest BCUT2D eigenvalue weighted by Crippen LogP contribution is 2.22. The zero-order valence-electron chi connectivity index (χ0n) is 13.5. The molecule has 2 aromatic carbocycles. The highest BCUT2D eigenvalue weighted by Gasteiger charge is 2.35. The molecule has 0 fully saturated rings. The van der Waals surface area contributed by atoms with Crippen LogP contribution in [0.1, 0.15) is 0 Å². The fraction of sp³-hybridized carbons (Fsp3) is 0.333. The molecule has 0 aliphatic heterocycles. The van der Waals surface area contributed by atoms with Crippen LogP contribution in [0.2, 0.25) is 12.1 Å². The number of methoxy groups -OCH3 is 2. The summed E-state index contributed by atoms with van der Waals surface area (Å²) in [4.78, 5) is 0. The smallest absolute Gasteiger partial charge is 0.119 e. The normalized spacial score (nSPS) is 11.3. The predicted octanol–water partition coefficient (Wildman–Crippen LogP) is 4.06. The monoisotopic (exact) mass is 456 g/mol. The minimum Gasteiger partial charge on any atom is -0.497 e. The summed E-state index contributed by atoms with van der Waals surface area (Å²) in [5.41, 5.74) is 0. The van der Waals surface area contributed by atoms with Crippen molar-refractivity contribution in [2.75, 3.05) is 24.9 Å². The first-order valence-corrected chi connectivity index (χ1v) is 12.3. The van der Waals surface area contributed by atoms with Gasteiger partial charge < -0.3 is 9.47 Å². The van der Waals surface area contributed by atoms with Gasteiger partial charge in [0.1, 0.15) is 19.6 Å². The molecule has 0 aliphatic rings. The van der Waals surface area contributed by atoms with E-state index in [1.54, 1.807) is 14.2 Å². The van der Waals surface area contributed by atoms with E-state index in [1.807, 2.05) is 0 Å². The van der Waals surface area contributed by atoms with E-state index in [0.29, 0.717) is 0 Å². The van der Waals surface area contributed by atoms with Gasteiger partial charge in [0.25, 0.3) is 0 Å². The molecule has 5 heteroatoms. The van der Waals surface area contributed by atoms with Crippen molar-refractivity contribution in [1.82, 2.24) is 0 Å². The molecule has 0 aliphatic carbocycles. The van der Waals surface area contributed by atoms with Crippen molar-refractivity contribution in [3.63, 3.8) is 0 Å². The predicted molar refractivity (Wildman–Crippen MR) is 108 cm³/mol. The number of rotatable bonds is 8. The molecule has 0 N–H and O–H groups in total. The van der Waals surface area contributed by atoms with Crippen LogP contribution in [0.3, 0.4) is 0 Å². The van der Waals surface area contributed by atoms with Gasteiger partial charge in [-0.25, -0.2) is 0 Å². The number of ether oxygens (including phenoxy) is 2. The van der Waals surface area contributed by atoms with Gasteiger partial charge in [-0.2, -0.15) is 0 Å². The Morgan fingerprint density at radius 3 is 1.30 bits per heavy atom. The summed E-state index contributed by atoms with van der Waals surface area (Å²) in [5, 5.41) is 4.90. The third-order valence-corrected chi connectivity index (χ3v) is 11.7. The second-order valence-corrected chi connectivity index (χ2v) is 11.3. The van der Waals surface area contributed by atoms with Gasteiger partial charge in [0.2, 0.25) is 0 Å². The third-order valence-electron chi connectivity index (χ3n) is 4.33. The van der Waals surface area contributed by atoms with Gasteiger partial charge in [-0.15, -0.1) is 0 Å². The Morgan fingerprint density at radius 2 is 1.04 bits per heavy atom. The van der Waals surface area contributed by atoms with Gasteiger partial charge in [-0.3, -0.25) is 0 Å². The first kappa shape index (κ1) is 18.6. The molecule has 0 radical (unpaired) electrons. The van der Waals surface area contributed by atoms with Gasteiger partial charge in [-0.05, 0) is 36.4 Å². The van der Waals surface area contributed by atoms with Gasteiger partial charge >= 0.3 is 0 Å². The molecule has 0 heterocycles. The van der Waals surface area contributed by atoms with Crippen molar-refractivity contribution >= 4 is 50.3 Å². The highest BCUT2D eigenvalue weighted by atomic mass is 79.9. The summed E-state index contributed by atoms with van der Waals surface area (Å²) in [6.07, 6.45) is 0. The van der Waals surface area contributed by atoms with Crippen molar-refractivity contribution in [2.24, 2.45) is 0 Å². The summed E-state index contributed by atoms with van der Waals surface area (Å²) in [5.74, 6) is 1.81. The summed E-state index contributed by atoms with van der Waals surface area (Å²) < 4.78 is 10.6. The lowest BCUT2D eigenvalue weighted by Crippen LogP contribution is -2.58. The summed E-state index contributed by atoms with van der Waals surface area (Å²) in [6.45, 7) is 0. The van der Waals surface area contributed by atoms with Crippen LogP contribution >= 0.6 is 31.9 Å². The molecule has 2 nitrogen and oxygen atoms in total. The highest BCUT2D eigenvalue weighted by molar-refractivity contribution is 9.09. The Hall–Kier alpha value is -0.783. The topological polar surface area (TPSA) is 18.5 Å². The molecular formula is C18H22Br2O2Si. The van der Waals surface area contributed by atoms with Crippen LogP contribution in [0.4, 0.5) is 0 Å². The van der Waals surface area contributed by atoms with Crippen molar-refractivity contribution in [3.8, 4) is 11.5 Å². The van der Waals surface area contributed by atoms with E-state index in [4.69, 9.17) is 9.47 Å². The van der Waals surface area contributed by atoms with Crippen LogP contribution in [0.15, 0.2) is 48.5 Å². The van der Waals surface area contributed by atoms with E-state index in [2.05, 4.69) is 80.4 Å². The zero-order chi connectivity index (χ0) is 16.7. The molecule has 0 bridgehead atoms. The standard InChI is InChI=1S/C18H22Br2O2Si/c1-21-15-3-7-17(8-4-15)23(13-11-19,14-12-20)18-9-5-16(22-2)6-10-18/h3-10H,11-14H2,1-2H3. The number of benzene rings is 2. The van der Waals surface area contributed by atoms with E-state index < -0.39 is 8.07 Å². The van der Waals surface area contributed by atoms with E-state index >= 15 is 0 Å². The van der Waals surface area contributed by atoms with Gasteiger partial charge in [-0.1, -0.05) is 66.5 Å². The lowest BCUT2D eigenvalue weighted by Gasteiger charge is -2.32. The first-order valence-electron chi connectivity index (χ1n) is 7.61. The minimum absolute atomic E-state index is 0.907. The Bertz CT molecular complexity index is 544. The fourth-order valence-electron chi connectivity index (χ4n) is 3.01. The SMILES string of the molecule is COc1ccc([Si](CCBr)(CCBr)c2ccc(OC)cc2)cc1. The maximum atomic E-state index is 5.32. The molecule has 2 aromatic rings. The number of hydrogen-bond acceptors (Lipinski definition) is 2. The van der Waals surface area contributed by atoms with Crippen molar-refractivity contribution < 1.29 is 9.47 Å². The molecule has 0 atom stereocenters. The van der Waals surface area contributed by atoms with E-state index in [9.17, 15) is 0 Å². The lowest BCUT2D eigenvalue weighted by atomic mass is 10.3. The Kier molecular flexibility index (Phi) is 7.18. The lowest BCUT2D eigenvalue weighted by molar-refractivity contribution is 0.415. The summed E-state index contributed by atoms with van der Waals surface area (Å²) >= 11 is 7.35. The Balaban J connectivity index is 2.51. The largest absolute Gasteiger partial charge is 0.497 e. The zero-order valence-corrected chi connectivity index (χ0v) is 17.7. The molecule has 0 aromatic heterocycles. The first-order chi connectivity index (χ1) is 11.2. The number of alkyl halides is 2. The van der Waals surface area contributed by atoms with Crippen LogP contribution in [-0.2, 0) is 0 Å². The van der Waals surface area contributed by atoms with Crippen molar-refractivity contribution in [2.45, 2.75) is 12.1 Å². The Labute approximate surface area is 156 Å². The van der Waals surface area contributed by atoms with Crippen LogP contribution in [0.5, 0.6) is 11.5 Å².